The minimum Gasteiger partial charge on any atom is -0.432 e. The zero-order chi connectivity index (χ0) is 19.3. The van der Waals surface area contributed by atoms with E-state index in [1.165, 1.54) is 6.08 Å². The van der Waals surface area contributed by atoms with Crippen molar-refractivity contribution in [3.8, 4) is 0 Å². The Morgan fingerprint density at radius 2 is 2.14 bits per heavy atom. The highest BCUT2D eigenvalue weighted by Gasteiger charge is 2.25. The van der Waals surface area contributed by atoms with Gasteiger partial charge in [0, 0.05) is 17.7 Å². The van der Waals surface area contributed by atoms with Crippen LogP contribution in [0.3, 0.4) is 0 Å². The van der Waals surface area contributed by atoms with Crippen molar-refractivity contribution >= 4 is 41.3 Å². The third kappa shape index (κ3) is 3.02. The van der Waals surface area contributed by atoms with Gasteiger partial charge in [-0.2, -0.15) is 14.6 Å². The maximum Gasteiger partial charge on any atom is 0.326 e. The molecular formula is C17H16N8O3. The number of aromatic nitrogens is 4. The molecule has 142 valence electrons. The van der Waals surface area contributed by atoms with Crippen molar-refractivity contribution in [2.75, 3.05) is 10.6 Å². The average Bonchev–Trinajstić information content (AvgIpc) is 3.08. The molecule has 2 fully saturated rings. The fourth-order valence-corrected chi connectivity index (χ4v) is 2.84. The van der Waals surface area contributed by atoms with Crippen LogP contribution in [-0.2, 0) is 4.79 Å². The van der Waals surface area contributed by atoms with E-state index in [1.807, 2.05) is 13.0 Å². The Labute approximate surface area is 158 Å². The van der Waals surface area contributed by atoms with Crippen LogP contribution in [0.5, 0.6) is 0 Å². The maximum absolute atomic E-state index is 11.8. The number of oxazole rings is 1. The van der Waals surface area contributed by atoms with Gasteiger partial charge in [-0.1, -0.05) is 0 Å². The SMILES string of the molecule is Cc1coc(Nc2cc(NC3CC3)n3ncc(/C=C4\NC(=O)NC4=O)c3n2)n1. The Balaban J connectivity index is 1.57. The molecule has 0 aromatic carbocycles. The molecule has 3 amide bonds. The van der Waals surface area contributed by atoms with E-state index in [0.717, 1.165) is 24.4 Å². The Morgan fingerprint density at radius 3 is 2.82 bits per heavy atom. The van der Waals surface area contributed by atoms with Crippen LogP contribution in [0.25, 0.3) is 11.7 Å². The quantitative estimate of drug-likeness (QED) is 0.386. The molecule has 0 spiro atoms. The highest BCUT2D eigenvalue weighted by Crippen LogP contribution is 2.28. The second kappa shape index (κ2) is 6.08. The minimum atomic E-state index is -0.557. The third-order valence-corrected chi connectivity index (χ3v) is 4.30. The Hall–Kier alpha value is -3.89. The maximum atomic E-state index is 11.8. The molecule has 3 aromatic rings. The van der Waals surface area contributed by atoms with Crippen molar-refractivity contribution in [2.45, 2.75) is 25.8 Å². The van der Waals surface area contributed by atoms with Gasteiger partial charge in [0.1, 0.15) is 23.6 Å². The zero-order valence-corrected chi connectivity index (χ0v) is 14.8. The number of fused-ring (bicyclic) bond motifs is 1. The number of anilines is 3. The molecule has 2 aliphatic rings. The molecule has 1 aliphatic carbocycles. The Bertz CT molecular complexity index is 1140. The van der Waals surface area contributed by atoms with Crippen molar-refractivity contribution in [2.24, 2.45) is 0 Å². The Morgan fingerprint density at radius 1 is 1.29 bits per heavy atom. The van der Waals surface area contributed by atoms with Gasteiger partial charge in [0.05, 0.1) is 11.9 Å². The van der Waals surface area contributed by atoms with Crippen molar-refractivity contribution in [1.29, 1.82) is 0 Å². The lowest BCUT2D eigenvalue weighted by Crippen LogP contribution is -2.22. The summed E-state index contributed by atoms with van der Waals surface area (Å²) in [5.41, 5.74) is 1.98. The standard InChI is InChI=1S/C17H16N8O3/c1-8-7-28-17(19-8)23-12-5-13(20-10-2-3-10)25-14(22-12)9(6-18-25)4-11-15(26)24-16(27)21-11/h4-7,10,20H,2-3H2,1H3,(H,19,22,23)(H2,21,24,26,27)/b11-4-. The first-order valence-electron chi connectivity index (χ1n) is 8.74. The van der Waals surface area contributed by atoms with Gasteiger partial charge in [0.25, 0.3) is 11.9 Å². The molecule has 0 unspecified atom stereocenters. The molecule has 5 rings (SSSR count). The van der Waals surface area contributed by atoms with E-state index in [4.69, 9.17) is 4.42 Å². The number of nitrogens with one attached hydrogen (secondary N) is 4. The van der Waals surface area contributed by atoms with Gasteiger partial charge < -0.3 is 15.1 Å². The second-order valence-corrected chi connectivity index (χ2v) is 6.67. The van der Waals surface area contributed by atoms with Crippen LogP contribution in [0.4, 0.5) is 22.4 Å². The summed E-state index contributed by atoms with van der Waals surface area (Å²) in [6.07, 6.45) is 6.85. The van der Waals surface area contributed by atoms with Crippen LogP contribution < -0.4 is 21.3 Å². The van der Waals surface area contributed by atoms with E-state index in [2.05, 4.69) is 36.3 Å². The normalized spacial score (nSPS) is 17.8. The number of urea groups is 1. The molecule has 1 saturated heterocycles. The zero-order valence-electron chi connectivity index (χ0n) is 14.8. The molecule has 0 bridgehead atoms. The number of hydrogen-bond donors (Lipinski definition) is 4. The highest BCUT2D eigenvalue weighted by molar-refractivity contribution is 6.14. The summed E-state index contributed by atoms with van der Waals surface area (Å²) in [4.78, 5) is 32.0. The molecular weight excluding hydrogens is 364 g/mol. The van der Waals surface area contributed by atoms with Crippen molar-refractivity contribution in [3.05, 3.63) is 35.5 Å². The lowest BCUT2D eigenvalue weighted by atomic mass is 10.2. The largest absolute Gasteiger partial charge is 0.432 e. The fraction of sp³-hybridized carbons (Fsp3) is 0.235. The first-order chi connectivity index (χ1) is 13.5. The van der Waals surface area contributed by atoms with Crippen LogP contribution in [0, 0.1) is 6.92 Å². The van der Waals surface area contributed by atoms with Crippen LogP contribution in [0.15, 0.2) is 28.6 Å². The van der Waals surface area contributed by atoms with Crippen molar-refractivity contribution in [1.82, 2.24) is 30.2 Å². The number of nitrogens with zero attached hydrogens (tertiary/aromatic N) is 4. The average molecular weight is 380 g/mol. The number of carbonyl (C=O) groups is 2. The van der Waals surface area contributed by atoms with Crippen LogP contribution in [0.2, 0.25) is 0 Å². The molecule has 0 radical (unpaired) electrons. The van der Waals surface area contributed by atoms with Crippen LogP contribution in [-0.4, -0.2) is 37.6 Å². The molecule has 0 atom stereocenters. The number of rotatable bonds is 5. The predicted octanol–water partition coefficient (Wildman–Crippen LogP) is 1.52. The summed E-state index contributed by atoms with van der Waals surface area (Å²) in [6, 6.07) is 1.99. The first kappa shape index (κ1) is 16.3. The van der Waals surface area contributed by atoms with E-state index >= 15 is 0 Å². The summed E-state index contributed by atoms with van der Waals surface area (Å²) in [5.74, 6) is 0.769. The second-order valence-electron chi connectivity index (χ2n) is 6.67. The number of imide groups is 1. The van der Waals surface area contributed by atoms with Crippen molar-refractivity contribution < 1.29 is 14.0 Å². The highest BCUT2D eigenvalue weighted by atomic mass is 16.4. The smallest absolute Gasteiger partial charge is 0.326 e. The molecule has 11 nitrogen and oxygen atoms in total. The summed E-state index contributed by atoms with van der Waals surface area (Å²) >= 11 is 0. The van der Waals surface area contributed by atoms with Crippen LogP contribution in [0.1, 0.15) is 24.1 Å². The number of amides is 3. The minimum absolute atomic E-state index is 0.139. The summed E-state index contributed by atoms with van der Waals surface area (Å²) in [7, 11) is 0. The number of hydrogen-bond acceptors (Lipinski definition) is 8. The lowest BCUT2D eigenvalue weighted by Gasteiger charge is -2.10. The van der Waals surface area contributed by atoms with Gasteiger partial charge in [0.2, 0.25) is 0 Å². The van der Waals surface area contributed by atoms with Gasteiger partial charge >= 0.3 is 6.03 Å². The van der Waals surface area contributed by atoms with E-state index in [-0.39, 0.29) is 5.70 Å². The predicted molar refractivity (Wildman–Crippen MR) is 98.8 cm³/mol. The summed E-state index contributed by atoms with van der Waals surface area (Å²) in [6.45, 7) is 1.83. The van der Waals surface area contributed by atoms with E-state index in [9.17, 15) is 9.59 Å². The molecule has 11 heteroatoms. The lowest BCUT2D eigenvalue weighted by molar-refractivity contribution is -0.115. The van der Waals surface area contributed by atoms with Gasteiger partial charge in [-0.05, 0) is 25.8 Å². The molecule has 4 N–H and O–H groups in total. The van der Waals surface area contributed by atoms with E-state index in [1.54, 1.807) is 17.0 Å². The van der Waals surface area contributed by atoms with E-state index < -0.39 is 11.9 Å². The molecule has 1 aliphatic heterocycles. The number of carbonyl (C=O) groups excluding carboxylic acids is 2. The Kier molecular flexibility index (Phi) is 3.54. The summed E-state index contributed by atoms with van der Waals surface area (Å²) < 4.78 is 7.00. The molecule has 4 heterocycles. The summed E-state index contributed by atoms with van der Waals surface area (Å²) in [5, 5.41) is 15.5. The van der Waals surface area contributed by atoms with Gasteiger partial charge in [-0.15, -0.1) is 0 Å². The third-order valence-electron chi connectivity index (χ3n) is 4.30. The number of aryl methyl sites for hydroxylation is 1. The first-order valence-corrected chi connectivity index (χ1v) is 8.74. The van der Waals surface area contributed by atoms with Gasteiger partial charge in [-0.25, -0.2) is 9.78 Å². The van der Waals surface area contributed by atoms with Gasteiger partial charge in [-0.3, -0.25) is 15.4 Å². The van der Waals surface area contributed by atoms with E-state index in [0.29, 0.717) is 29.1 Å². The fourth-order valence-electron chi connectivity index (χ4n) is 2.84. The monoisotopic (exact) mass is 380 g/mol. The van der Waals surface area contributed by atoms with Gasteiger partial charge in [0.15, 0.2) is 5.65 Å². The molecule has 28 heavy (non-hydrogen) atoms. The topological polar surface area (TPSA) is 138 Å². The molecule has 1 saturated carbocycles. The van der Waals surface area contributed by atoms with Crippen molar-refractivity contribution in [3.63, 3.8) is 0 Å². The molecule has 3 aromatic heterocycles. The van der Waals surface area contributed by atoms with Crippen LogP contribution >= 0.6 is 0 Å².